The Hall–Kier alpha value is -2.14. The van der Waals surface area contributed by atoms with E-state index < -0.39 is 22.0 Å². The zero-order valence-corrected chi connectivity index (χ0v) is 17.1. The number of amides is 1. The van der Waals surface area contributed by atoms with Gasteiger partial charge in [0.15, 0.2) is 0 Å². The van der Waals surface area contributed by atoms with Gasteiger partial charge in [-0.2, -0.15) is 4.72 Å². The maximum atomic E-state index is 12.4. The molecule has 10 heteroatoms. The van der Waals surface area contributed by atoms with Crippen molar-refractivity contribution in [1.29, 1.82) is 0 Å². The van der Waals surface area contributed by atoms with Crippen LogP contribution in [0, 0.1) is 0 Å². The quantitative estimate of drug-likeness (QED) is 0.610. The number of thiazole rings is 1. The highest BCUT2D eigenvalue weighted by Crippen LogP contribution is 2.25. The summed E-state index contributed by atoms with van der Waals surface area (Å²) >= 11 is 2.53. The van der Waals surface area contributed by atoms with E-state index in [1.54, 1.807) is 23.8 Å². The van der Waals surface area contributed by atoms with Crippen LogP contribution in [0.1, 0.15) is 24.9 Å². The van der Waals surface area contributed by atoms with E-state index in [0.29, 0.717) is 0 Å². The van der Waals surface area contributed by atoms with Crippen LogP contribution in [0.4, 0.5) is 0 Å². The summed E-state index contributed by atoms with van der Waals surface area (Å²) in [6.07, 6.45) is 3.42. The number of nitrogens with one attached hydrogen (secondary N) is 2. The Balaban J connectivity index is 1.63. The van der Waals surface area contributed by atoms with Gasteiger partial charge in [-0.3, -0.25) is 9.78 Å². The molecule has 0 aliphatic rings. The van der Waals surface area contributed by atoms with Gasteiger partial charge >= 0.3 is 0 Å². The minimum Gasteiger partial charge on any atom is -0.346 e. The molecule has 1 amide bonds. The second-order valence-corrected chi connectivity index (χ2v) is 9.60. The molecule has 3 aromatic heterocycles. The van der Waals surface area contributed by atoms with Crippen LogP contribution in [0.5, 0.6) is 0 Å². The summed E-state index contributed by atoms with van der Waals surface area (Å²) in [5.74, 6) is -0.416. The van der Waals surface area contributed by atoms with Gasteiger partial charge in [-0.15, -0.1) is 22.7 Å². The Morgan fingerprint density at radius 2 is 2.00 bits per heavy atom. The van der Waals surface area contributed by atoms with Gasteiger partial charge in [0.05, 0.1) is 17.8 Å². The van der Waals surface area contributed by atoms with E-state index in [-0.39, 0.29) is 10.3 Å². The van der Waals surface area contributed by atoms with Crippen molar-refractivity contribution in [3.05, 3.63) is 52.4 Å². The van der Waals surface area contributed by atoms with E-state index in [1.807, 2.05) is 24.4 Å². The second kappa shape index (κ2) is 8.26. The Morgan fingerprint density at radius 3 is 2.67 bits per heavy atom. The topological polar surface area (TPSA) is 101 Å². The SMILES string of the molecule is CC(NS(=O)(=O)c1cccs1)C(=O)NC(C)c1nc(-c2cccnc2)cs1. The molecule has 0 radical (unpaired) electrons. The van der Waals surface area contributed by atoms with Crippen molar-refractivity contribution in [3.8, 4) is 11.3 Å². The third-order valence-corrected chi connectivity index (χ3v) is 7.66. The number of thiophene rings is 1. The van der Waals surface area contributed by atoms with Crippen LogP contribution in [-0.2, 0) is 14.8 Å². The van der Waals surface area contributed by atoms with E-state index in [0.717, 1.165) is 27.6 Å². The molecule has 0 saturated heterocycles. The van der Waals surface area contributed by atoms with Gasteiger partial charge in [-0.05, 0) is 37.4 Å². The highest BCUT2D eigenvalue weighted by atomic mass is 32.2. The number of pyridine rings is 1. The molecule has 0 spiro atoms. The summed E-state index contributed by atoms with van der Waals surface area (Å²) in [6, 6.07) is 5.64. The largest absolute Gasteiger partial charge is 0.346 e. The molecule has 0 aliphatic carbocycles. The van der Waals surface area contributed by atoms with Crippen molar-refractivity contribution in [1.82, 2.24) is 20.0 Å². The number of hydrogen-bond donors (Lipinski definition) is 2. The lowest BCUT2D eigenvalue weighted by Gasteiger charge is -2.17. The van der Waals surface area contributed by atoms with Crippen molar-refractivity contribution >= 4 is 38.6 Å². The Morgan fingerprint density at radius 1 is 1.19 bits per heavy atom. The molecule has 3 aromatic rings. The molecule has 0 bridgehead atoms. The first-order valence-corrected chi connectivity index (χ1v) is 11.3. The van der Waals surface area contributed by atoms with Gasteiger partial charge in [0, 0.05) is 23.3 Å². The Kier molecular flexibility index (Phi) is 6.00. The molecule has 142 valence electrons. The molecule has 27 heavy (non-hydrogen) atoms. The number of carbonyl (C=O) groups is 1. The van der Waals surface area contributed by atoms with Gasteiger partial charge in [0.2, 0.25) is 5.91 Å². The molecule has 3 heterocycles. The highest BCUT2D eigenvalue weighted by Gasteiger charge is 2.24. The van der Waals surface area contributed by atoms with Gasteiger partial charge in [0.25, 0.3) is 10.0 Å². The number of hydrogen-bond acceptors (Lipinski definition) is 7. The monoisotopic (exact) mass is 422 g/mol. The molecule has 2 unspecified atom stereocenters. The van der Waals surface area contributed by atoms with Crippen LogP contribution >= 0.6 is 22.7 Å². The lowest BCUT2D eigenvalue weighted by Crippen LogP contribution is -2.45. The third kappa shape index (κ3) is 4.78. The first-order chi connectivity index (χ1) is 12.9. The first-order valence-electron chi connectivity index (χ1n) is 8.09. The van der Waals surface area contributed by atoms with E-state index >= 15 is 0 Å². The van der Waals surface area contributed by atoms with Crippen LogP contribution in [-0.4, -0.2) is 30.3 Å². The van der Waals surface area contributed by atoms with E-state index in [4.69, 9.17) is 0 Å². The van der Waals surface area contributed by atoms with Crippen molar-refractivity contribution < 1.29 is 13.2 Å². The molecule has 0 saturated carbocycles. The number of rotatable bonds is 7. The van der Waals surface area contributed by atoms with Gasteiger partial charge in [-0.1, -0.05) is 6.07 Å². The van der Waals surface area contributed by atoms with Crippen molar-refractivity contribution in [2.45, 2.75) is 30.1 Å². The molecule has 3 rings (SSSR count). The molecule has 0 aliphatic heterocycles. The lowest BCUT2D eigenvalue weighted by atomic mass is 10.2. The van der Waals surface area contributed by atoms with Crippen LogP contribution in [0.25, 0.3) is 11.3 Å². The van der Waals surface area contributed by atoms with Crippen LogP contribution < -0.4 is 10.0 Å². The Labute approximate surface area is 165 Å². The zero-order valence-electron chi connectivity index (χ0n) is 14.6. The average Bonchev–Trinajstić information content (AvgIpc) is 3.34. The summed E-state index contributed by atoms with van der Waals surface area (Å²) in [6.45, 7) is 3.32. The fraction of sp³-hybridized carbons (Fsp3) is 0.235. The van der Waals surface area contributed by atoms with Crippen LogP contribution in [0.2, 0.25) is 0 Å². The maximum Gasteiger partial charge on any atom is 0.250 e. The minimum absolute atomic E-state index is 0.177. The standard InChI is InChI=1S/C17H18N4O3S3/c1-11(21-27(23,24)15-6-4-8-25-15)16(22)19-12(2)17-20-14(10-26-17)13-5-3-7-18-9-13/h3-12,21H,1-2H3,(H,19,22). The molecule has 7 nitrogen and oxygen atoms in total. The van der Waals surface area contributed by atoms with Gasteiger partial charge in [0.1, 0.15) is 9.22 Å². The maximum absolute atomic E-state index is 12.4. The normalized spacial score (nSPS) is 13.9. The summed E-state index contributed by atoms with van der Waals surface area (Å²) in [7, 11) is -3.71. The average molecular weight is 423 g/mol. The fourth-order valence-electron chi connectivity index (χ4n) is 2.29. The molecular weight excluding hydrogens is 404 g/mol. The molecule has 0 aromatic carbocycles. The van der Waals surface area contributed by atoms with Crippen molar-refractivity contribution in [2.75, 3.05) is 0 Å². The van der Waals surface area contributed by atoms with Crippen molar-refractivity contribution in [3.63, 3.8) is 0 Å². The molecule has 2 N–H and O–H groups in total. The van der Waals surface area contributed by atoms with E-state index in [2.05, 4.69) is 20.0 Å². The smallest absolute Gasteiger partial charge is 0.250 e. The molecule has 2 atom stereocenters. The minimum atomic E-state index is -3.71. The number of carbonyl (C=O) groups excluding carboxylic acids is 1. The van der Waals surface area contributed by atoms with Gasteiger partial charge in [-0.25, -0.2) is 13.4 Å². The predicted molar refractivity (Wildman–Crippen MR) is 106 cm³/mol. The molecular formula is C17H18N4O3S3. The number of aromatic nitrogens is 2. The van der Waals surface area contributed by atoms with E-state index in [1.165, 1.54) is 24.3 Å². The van der Waals surface area contributed by atoms with E-state index in [9.17, 15) is 13.2 Å². The third-order valence-electron chi connectivity index (χ3n) is 3.69. The summed E-state index contributed by atoms with van der Waals surface area (Å²) in [5.41, 5.74) is 1.69. The fourth-order valence-corrected chi connectivity index (χ4v) is 5.34. The molecule has 0 fully saturated rings. The second-order valence-electron chi connectivity index (χ2n) is 5.82. The zero-order chi connectivity index (χ0) is 19.4. The number of nitrogens with zero attached hydrogens (tertiary/aromatic N) is 2. The van der Waals surface area contributed by atoms with Crippen LogP contribution in [0.15, 0.2) is 51.6 Å². The number of sulfonamides is 1. The summed E-state index contributed by atoms with van der Waals surface area (Å²) in [4.78, 5) is 21.0. The van der Waals surface area contributed by atoms with Crippen LogP contribution in [0.3, 0.4) is 0 Å². The first kappa shape index (κ1) is 19.6. The Bertz CT molecular complexity index is 1000. The highest BCUT2D eigenvalue weighted by molar-refractivity contribution is 7.91. The lowest BCUT2D eigenvalue weighted by molar-refractivity contribution is -0.123. The van der Waals surface area contributed by atoms with Gasteiger partial charge < -0.3 is 5.32 Å². The summed E-state index contributed by atoms with van der Waals surface area (Å²) in [5, 5.41) is 7.10. The predicted octanol–water partition coefficient (Wildman–Crippen LogP) is 2.81. The summed E-state index contributed by atoms with van der Waals surface area (Å²) < 4.78 is 27.0. The van der Waals surface area contributed by atoms with Crippen molar-refractivity contribution in [2.24, 2.45) is 0 Å².